The quantitative estimate of drug-likeness (QED) is 0.199. The fraction of sp³-hybridized carbons (Fsp3) is 0.286. The van der Waals surface area contributed by atoms with Crippen LogP contribution in [-0.2, 0) is 9.47 Å². The molecular formula is C28H28Cl2N10O6. The minimum Gasteiger partial charge on any atom is -0.442 e. The highest BCUT2D eigenvalue weighted by molar-refractivity contribution is 6.28. The third kappa shape index (κ3) is 8.48. The van der Waals surface area contributed by atoms with E-state index in [4.69, 9.17) is 42.1 Å². The summed E-state index contributed by atoms with van der Waals surface area (Å²) in [5.74, 6) is 0.171. The summed E-state index contributed by atoms with van der Waals surface area (Å²) < 4.78 is 22.9. The van der Waals surface area contributed by atoms with Crippen molar-refractivity contribution in [1.29, 1.82) is 0 Å². The number of fused-ring (bicyclic) bond motifs is 8. The molecule has 2 aromatic carbocycles. The summed E-state index contributed by atoms with van der Waals surface area (Å²) in [7, 11) is 0. The maximum atomic E-state index is 13.5. The van der Waals surface area contributed by atoms with Gasteiger partial charge in [-0.1, -0.05) is 12.1 Å². The van der Waals surface area contributed by atoms with Gasteiger partial charge in [-0.25, -0.2) is 9.59 Å². The molecule has 18 heteroatoms. The van der Waals surface area contributed by atoms with E-state index in [0.717, 1.165) is 10.0 Å². The number of ether oxygens (including phenoxy) is 4. The Morgan fingerprint density at radius 3 is 1.48 bits per heavy atom. The molecule has 46 heavy (non-hydrogen) atoms. The number of hydrogen-bond donors (Lipinski definition) is 2. The van der Waals surface area contributed by atoms with Crippen LogP contribution in [0.5, 0.6) is 23.5 Å². The van der Waals surface area contributed by atoms with Crippen LogP contribution in [0.2, 0.25) is 10.6 Å². The van der Waals surface area contributed by atoms with E-state index in [1.165, 1.54) is 12.1 Å². The molecule has 0 spiro atoms. The van der Waals surface area contributed by atoms with Crippen LogP contribution in [-0.4, -0.2) is 53.3 Å². The molecule has 0 fully saturated rings. The predicted molar refractivity (Wildman–Crippen MR) is 167 cm³/mol. The molecule has 3 heterocycles. The van der Waals surface area contributed by atoms with Crippen molar-refractivity contribution in [3.63, 3.8) is 0 Å². The highest BCUT2D eigenvalue weighted by atomic mass is 35.5. The van der Waals surface area contributed by atoms with Gasteiger partial charge in [-0.2, -0.15) is 39.9 Å². The normalized spacial score (nSPS) is 13.1. The van der Waals surface area contributed by atoms with Gasteiger partial charge < -0.3 is 18.9 Å². The van der Waals surface area contributed by atoms with Gasteiger partial charge in [0.2, 0.25) is 22.5 Å². The van der Waals surface area contributed by atoms with Crippen LogP contribution in [0.4, 0.5) is 32.9 Å². The van der Waals surface area contributed by atoms with E-state index >= 15 is 0 Å². The second kappa shape index (κ2) is 12.6. The zero-order valence-corrected chi connectivity index (χ0v) is 26.9. The van der Waals surface area contributed by atoms with E-state index in [9.17, 15) is 9.59 Å². The molecule has 5 rings (SSSR count). The van der Waals surface area contributed by atoms with Crippen LogP contribution in [0.15, 0.2) is 48.5 Å². The number of halogens is 2. The molecule has 1 aliphatic rings. The van der Waals surface area contributed by atoms with Gasteiger partial charge in [0.05, 0.1) is 11.4 Å². The lowest BCUT2D eigenvalue weighted by atomic mass is 10.2. The lowest BCUT2D eigenvalue weighted by molar-refractivity contribution is 0.0579. The Balaban J connectivity index is 1.69. The number of amides is 2. The lowest BCUT2D eigenvalue weighted by Crippen LogP contribution is -2.42. The standard InChI is InChI=1S/C28H28Cl2N10O6/c1-27(2,3)45-25(41)39-15-9-7-10-16(13-15)40(26(42)46-28(4,5)6)38-22-32-20(30)34-24(36-22)44-18-12-8-11-17(14-18)43-23-33-19(29)31-21(35-23)37-39/h7-14H,1-6H3,(H,31,33,35,37)(H,32,34,36,38). The van der Waals surface area contributed by atoms with Gasteiger partial charge in [-0.05, 0) is 95.1 Å². The molecule has 0 saturated heterocycles. The van der Waals surface area contributed by atoms with Gasteiger partial charge in [0, 0.05) is 6.07 Å². The minimum absolute atomic E-state index is 0.163. The third-order valence-electron chi connectivity index (χ3n) is 5.32. The topological polar surface area (TPSA) is 179 Å². The number of carbonyl (C=O) groups is 2. The summed E-state index contributed by atoms with van der Waals surface area (Å²) in [5, 5.41) is 1.57. The summed E-state index contributed by atoms with van der Waals surface area (Å²) in [4.78, 5) is 51.8. The molecule has 0 aliphatic carbocycles. The van der Waals surface area contributed by atoms with Crippen molar-refractivity contribution in [1.82, 2.24) is 29.9 Å². The summed E-state index contributed by atoms with van der Waals surface area (Å²) in [6.45, 7) is 10.2. The largest absolute Gasteiger partial charge is 0.442 e. The van der Waals surface area contributed by atoms with Crippen molar-refractivity contribution in [2.75, 3.05) is 20.9 Å². The summed E-state index contributed by atoms with van der Waals surface area (Å²) in [5.41, 5.74) is 4.19. The van der Waals surface area contributed by atoms with Gasteiger partial charge in [-0.3, -0.25) is 10.9 Å². The summed E-state index contributed by atoms with van der Waals surface area (Å²) in [6.07, 6.45) is -1.68. The fourth-order valence-electron chi connectivity index (χ4n) is 3.68. The first-order valence-electron chi connectivity index (χ1n) is 13.6. The van der Waals surface area contributed by atoms with E-state index in [-0.39, 0.29) is 57.4 Å². The van der Waals surface area contributed by atoms with Crippen molar-refractivity contribution in [3.8, 4) is 23.5 Å². The monoisotopic (exact) mass is 670 g/mol. The van der Waals surface area contributed by atoms with Crippen LogP contribution in [0, 0.1) is 0 Å². The first-order chi connectivity index (χ1) is 21.6. The molecule has 0 saturated carbocycles. The van der Waals surface area contributed by atoms with E-state index in [2.05, 4.69) is 40.8 Å². The smallest absolute Gasteiger partial charge is 0.434 e. The van der Waals surface area contributed by atoms with Crippen molar-refractivity contribution < 1.29 is 28.5 Å². The van der Waals surface area contributed by atoms with E-state index in [1.54, 1.807) is 77.9 Å². The maximum absolute atomic E-state index is 13.5. The number of carbonyl (C=O) groups excluding carboxylic acids is 2. The average molecular weight is 672 g/mol. The molecule has 4 aromatic rings. The zero-order chi connectivity index (χ0) is 33.2. The second-order valence-corrected chi connectivity index (χ2v) is 12.2. The Morgan fingerprint density at radius 2 is 1.07 bits per heavy atom. The summed E-state index contributed by atoms with van der Waals surface area (Å²) >= 11 is 12.4. The van der Waals surface area contributed by atoms with E-state index in [1.807, 2.05) is 0 Å². The minimum atomic E-state index is -0.889. The first-order valence-corrected chi connectivity index (χ1v) is 14.3. The predicted octanol–water partition coefficient (Wildman–Crippen LogP) is 6.80. The highest BCUT2D eigenvalue weighted by Crippen LogP contribution is 2.30. The van der Waals surface area contributed by atoms with Crippen LogP contribution in [0.3, 0.4) is 0 Å². The molecule has 2 amide bonds. The molecule has 2 aromatic heterocycles. The SMILES string of the molecule is CC(C)(C)OC(=O)N1Nc2nc(Cl)nc(n2)Oc2cccc(c2)Oc2nc(Cl)nc(n2)NN(C(=O)OC(C)(C)C)c2cccc1c2. The van der Waals surface area contributed by atoms with Crippen molar-refractivity contribution in [2.24, 2.45) is 0 Å². The number of aromatic nitrogens is 6. The highest BCUT2D eigenvalue weighted by Gasteiger charge is 2.29. The van der Waals surface area contributed by atoms with Crippen molar-refractivity contribution in [3.05, 3.63) is 59.1 Å². The number of hydrazine groups is 2. The Kier molecular flexibility index (Phi) is 8.85. The van der Waals surface area contributed by atoms with Crippen LogP contribution >= 0.6 is 23.2 Å². The molecule has 240 valence electrons. The zero-order valence-electron chi connectivity index (χ0n) is 25.4. The summed E-state index contributed by atoms with van der Waals surface area (Å²) in [6, 6.07) is 12.2. The number of nitrogens with one attached hydrogen (secondary N) is 2. The number of benzene rings is 2. The Labute approximate surface area is 273 Å². The number of nitrogens with zero attached hydrogens (tertiary/aromatic N) is 8. The number of rotatable bonds is 0. The first kappa shape index (κ1) is 32.2. The van der Waals surface area contributed by atoms with Gasteiger partial charge in [0.15, 0.2) is 0 Å². The van der Waals surface area contributed by atoms with Crippen LogP contribution in [0.1, 0.15) is 41.5 Å². The third-order valence-corrected chi connectivity index (χ3v) is 5.66. The van der Waals surface area contributed by atoms with E-state index < -0.39 is 23.4 Å². The molecule has 0 unspecified atom stereocenters. The number of hydrogen-bond acceptors (Lipinski definition) is 14. The molecule has 2 N–H and O–H groups in total. The maximum Gasteiger partial charge on any atom is 0.434 e. The molecule has 16 nitrogen and oxygen atoms in total. The average Bonchev–Trinajstić information content (AvgIpc) is 2.92. The molecule has 0 atom stereocenters. The van der Waals surface area contributed by atoms with Crippen LogP contribution < -0.4 is 30.3 Å². The lowest BCUT2D eigenvalue weighted by Gasteiger charge is -2.30. The van der Waals surface area contributed by atoms with Gasteiger partial charge in [0.25, 0.3) is 0 Å². The Morgan fingerprint density at radius 1 is 0.652 bits per heavy atom. The van der Waals surface area contributed by atoms with Crippen LogP contribution in [0.25, 0.3) is 0 Å². The fourth-order valence-corrected chi connectivity index (χ4v) is 3.99. The molecule has 8 bridgehead atoms. The molecule has 0 radical (unpaired) electrons. The molecular weight excluding hydrogens is 643 g/mol. The van der Waals surface area contributed by atoms with E-state index in [0.29, 0.717) is 0 Å². The number of anilines is 4. The van der Waals surface area contributed by atoms with Gasteiger partial charge in [0.1, 0.15) is 22.7 Å². The van der Waals surface area contributed by atoms with Crippen molar-refractivity contribution in [2.45, 2.75) is 52.7 Å². The van der Waals surface area contributed by atoms with Gasteiger partial charge >= 0.3 is 24.2 Å². The second-order valence-electron chi connectivity index (χ2n) is 11.5. The van der Waals surface area contributed by atoms with Crippen molar-refractivity contribution >= 4 is 58.7 Å². The Bertz CT molecular complexity index is 1660. The molecule has 1 aliphatic heterocycles. The Hall–Kier alpha value is -5.22. The van der Waals surface area contributed by atoms with Gasteiger partial charge in [-0.15, -0.1) is 0 Å².